The monoisotopic (exact) mass is 279 g/mol. The fourth-order valence-corrected chi connectivity index (χ4v) is 4.02. The smallest absolute Gasteiger partial charge is 0.0420 e. The largest absolute Gasteiger partial charge is 0.321 e. The number of nitrogens with two attached hydrogens (primary N) is 1. The van der Waals surface area contributed by atoms with Gasteiger partial charge in [0.15, 0.2) is 0 Å². The van der Waals surface area contributed by atoms with Crippen molar-refractivity contribution in [2.24, 2.45) is 11.1 Å². The number of rotatable bonds is 1. The second-order valence-electron chi connectivity index (χ2n) is 5.72. The Labute approximate surface area is 106 Å². The van der Waals surface area contributed by atoms with E-state index >= 15 is 0 Å². The molecule has 1 aromatic rings. The third-order valence-electron chi connectivity index (χ3n) is 4.46. The summed E-state index contributed by atoms with van der Waals surface area (Å²) in [6.07, 6.45) is 8.03. The zero-order valence-electron chi connectivity index (χ0n) is 9.51. The van der Waals surface area contributed by atoms with Gasteiger partial charge in [-0.1, -0.05) is 40.9 Å². The van der Waals surface area contributed by atoms with Crippen molar-refractivity contribution in [2.45, 2.75) is 44.1 Å². The molecule has 2 aliphatic carbocycles. The van der Waals surface area contributed by atoms with Crippen LogP contribution in [0.25, 0.3) is 0 Å². The van der Waals surface area contributed by atoms with Gasteiger partial charge in [0.05, 0.1) is 0 Å². The molecule has 1 spiro atoms. The first-order chi connectivity index (χ1) is 7.62. The van der Waals surface area contributed by atoms with Crippen LogP contribution in [0.3, 0.4) is 0 Å². The van der Waals surface area contributed by atoms with E-state index in [9.17, 15) is 0 Å². The van der Waals surface area contributed by atoms with E-state index in [-0.39, 0.29) is 5.54 Å². The first-order valence-corrected chi connectivity index (χ1v) is 6.96. The average molecular weight is 280 g/mol. The summed E-state index contributed by atoms with van der Waals surface area (Å²) >= 11 is 3.47. The quantitative estimate of drug-likeness (QED) is 0.828. The molecule has 0 unspecified atom stereocenters. The van der Waals surface area contributed by atoms with Crippen molar-refractivity contribution in [3.8, 4) is 0 Å². The Kier molecular flexibility index (Phi) is 2.41. The molecule has 0 saturated heterocycles. The normalized spacial score (nSPS) is 25.6. The minimum absolute atomic E-state index is 0.0367. The van der Waals surface area contributed by atoms with Gasteiger partial charge in [0.2, 0.25) is 0 Å². The lowest BCUT2D eigenvalue weighted by atomic mass is 9.55. The highest BCUT2D eigenvalue weighted by Crippen LogP contribution is 2.60. The molecule has 16 heavy (non-hydrogen) atoms. The van der Waals surface area contributed by atoms with Gasteiger partial charge in [-0.3, -0.25) is 0 Å². The van der Waals surface area contributed by atoms with Crippen LogP contribution in [0.5, 0.6) is 0 Å². The molecule has 0 aliphatic heterocycles. The maximum Gasteiger partial charge on any atom is 0.0420 e. The molecule has 2 heteroatoms. The molecule has 2 saturated carbocycles. The van der Waals surface area contributed by atoms with E-state index in [1.54, 1.807) is 0 Å². The topological polar surface area (TPSA) is 26.0 Å². The van der Waals surface area contributed by atoms with Gasteiger partial charge in [-0.2, -0.15) is 0 Å². The molecular weight excluding hydrogens is 262 g/mol. The number of hydrogen-bond donors (Lipinski definition) is 1. The van der Waals surface area contributed by atoms with E-state index in [1.165, 1.54) is 44.1 Å². The average Bonchev–Trinajstić information content (AvgIpc) is 2.66. The second kappa shape index (κ2) is 3.58. The molecule has 3 rings (SSSR count). The van der Waals surface area contributed by atoms with Crippen LogP contribution in [0, 0.1) is 5.41 Å². The summed E-state index contributed by atoms with van der Waals surface area (Å²) in [6, 6.07) is 8.55. The maximum atomic E-state index is 6.51. The van der Waals surface area contributed by atoms with Gasteiger partial charge in [-0.15, -0.1) is 0 Å². The van der Waals surface area contributed by atoms with Gasteiger partial charge >= 0.3 is 0 Å². The van der Waals surface area contributed by atoms with Crippen LogP contribution >= 0.6 is 15.9 Å². The summed E-state index contributed by atoms with van der Waals surface area (Å²) < 4.78 is 1.13. The van der Waals surface area contributed by atoms with Crippen molar-refractivity contribution < 1.29 is 0 Å². The first-order valence-electron chi connectivity index (χ1n) is 6.17. The van der Waals surface area contributed by atoms with Crippen molar-refractivity contribution in [3.63, 3.8) is 0 Å². The summed E-state index contributed by atoms with van der Waals surface area (Å²) in [5.41, 5.74) is 8.40. The van der Waals surface area contributed by atoms with Crippen LogP contribution < -0.4 is 5.73 Å². The van der Waals surface area contributed by atoms with Crippen molar-refractivity contribution >= 4 is 15.9 Å². The fraction of sp³-hybridized carbons (Fsp3) is 0.571. The first kappa shape index (κ1) is 10.8. The van der Waals surface area contributed by atoms with Crippen LogP contribution in [-0.2, 0) is 5.54 Å². The van der Waals surface area contributed by atoms with Gasteiger partial charge in [-0.25, -0.2) is 0 Å². The highest BCUT2D eigenvalue weighted by Gasteiger charge is 2.53. The Hall–Kier alpha value is -0.340. The van der Waals surface area contributed by atoms with Crippen molar-refractivity contribution in [1.82, 2.24) is 0 Å². The third-order valence-corrected chi connectivity index (χ3v) is 4.99. The molecule has 2 N–H and O–H groups in total. The van der Waals surface area contributed by atoms with E-state index in [0.29, 0.717) is 5.41 Å². The van der Waals surface area contributed by atoms with Gasteiger partial charge in [0, 0.05) is 10.0 Å². The summed E-state index contributed by atoms with van der Waals surface area (Å²) in [4.78, 5) is 0. The minimum atomic E-state index is -0.0367. The highest BCUT2D eigenvalue weighted by atomic mass is 79.9. The molecular formula is C14H18BrN. The van der Waals surface area contributed by atoms with Crippen LogP contribution in [0.15, 0.2) is 28.7 Å². The molecule has 0 atom stereocenters. The van der Waals surface area contributed by atoms with Crippen LogP contribution in [0.4, 0.5) is 0 Å². The number of halogens is 1. The van der Waals surface area contributed by atoms with E-state index in [0.717, 1.165) is 4.47 Å². The lowest BCUT2D eigenvalue weighted by molar-refractivity contribution is 0.0312. The lowest BCUT2D eigenvalue weighted by Crippen LogP contribution is -2.54. The predicted molar refractivity (Wildman–Crippen MR) is 70.1 cm³/mol. The van der Waals surface area contributed by atoms with Crippen molar-refractivity contribution in [2.75, 3.05) is 0 Å². The zero-order valence-corrected chi connectivity index (χ0v) is 11.1. The summed E-state index contributed by atoms with van der Waals surface area (Å²) in [5, 5.41) is 0. The van der Waals surface area contributed by atoms with Crippen molar-refractivity contribution in [1.29, 1.82) is 0 Å². The van der Waals surface area contributed by atoms with Crippen molar-refractivity contribution in [3.05, 3.63) is 34.3 Å². The van der Waals surface area contributed by atoms with Crippen LogP contribution in [0.2, 0.25) is 0 Å². The molecule has 0 aromatic heterocycles. The Morgan fingerprint density at radius 2 is 1.56 bits per heavy atom. The molecule has 0 amide bonds. The third kappa shape index (κ3) is 1.63. The molecule has 86 valence electrons. The molecule has 2 aliphatic rings. The lowest BCUT2D eigenvalue weighted by Gasteiger charge is -2.53. The Bertz CT molecular complexity index is 382. The summed E-state index contributed by atoms with van der Waals surface area (Å²) in [5.74, 6) is 0. The molecule has 1 aromatic carbocycles. The molecule has 1 nitrogen and oxygen atoms in total. The molecule has 2 fully saturated rings. The van der Waals surface area contributed by atoms with Crippen LogP contribution in [0.1, 0.15) is 44.1 Å². The highest BCUT2D eigenvalue weighted by molar-refractivity contribution is 9.10. The van der Waals surface area contributed by atoms with Gasteiger partial charge in [0.25, 0.3) is 0 Å². The van der Waals surface area contributed by atoms with Crippen LogP contribution in [-0.4, -0.2) is 0 Å². The fourth-order valence-electron chi connectivity index (χ4n) is 3.75. The van der Waals surface area contributed by atoms with Gasteiger partial charge < -0.3 is 5.73 Å². The minimum Gasteiger partial charge on any atom is -0.321 e. The Morgan fingerprint density at radius 1 is 1.00 bits per heavy atom. The number of benzene rings is 1. The predicted octanol–water partition coefficient (Wildman–Crippen LogP) is 3.96. The zero-order chi connectivity index (χ0) is 11.2. The standard InChI is InChI=1S/C14H18BrN/c15-12-5-3-11(4-6-12)14(16)9-13(10-14)7-1-2-8-13/h3-6H,1-2,7-10,16H2. The number of hydrogen-bond acceptors (Lipinski definition) is 1. The van der Waals surface area contributed by atoms with Gasteiger partial charge in [0.1, 0.15) is 0 Å². The van der Waals surface area contributed by atoms with E-state index < -0.39 is 0 Å². The Morgan fingerprint density at radius 3 is 2.12 bits per heavy atom. The Balaban J connectivity index is 1.79. The molecule has 0 heterocycles. The second-order valence-corrected chi connectivity index (χ2v) is 6.64. The van der Waals surface area contributed by atoms with Gasteiger partial charge in [-0.05, 0) is 48.8 Å². The van der Waals surface area contributed by atoms with E-state index in [4.69, 9.17) is 5.73 Å². The van der Waals surface area contributed by atoms with E-state index in [2.05, 4.69) is 40.2 Å². The molecule has 0 radical (unpaired) electrons. The summed E-state index contributed by atoms with van der Waals surface area (Å²) in [6.45, 7) is 0. The maximum absolute atomic E-state index is 6.51. The SMILES string of the molecule is NC1(c2ccc(Br)cc2)CC2(CCCC2)C1. The van der Waals surface area contributed by atoms with E-state index in [1.807, 2.05) is 0 Å². The summed E-state index contributed by atoms with van der Waals surface area (Å²) in [7, 11) is 0. The molecule has 0 bridgehead atoms.